The Labute approximate surface area is 235 Å². The van der Waals surface area contributed by atoms with E-state index in [0.29, 0.717) is 44.4 Å². The number of aryl methyl sites for hydroxylation is 1. The van der Waals surface area contributed by atoms with E-state index in [1.807, 2.05) is 6.08 Å². The average Bonchev–Trinajstić information content (AvgIpc) is 2.95. The topological polar surface area (TPSA) is 18.5 Å². The number of hydrogen-bond donors (Lipinski definition) is 0. The Morgan fingerprint density at radius 3 is 2.02 bits per heavy atom. The number of benzene rings is 2. The molecule has 2 nitrogen and oxygen atoms in total. The Morgan fingerprint density at radius 2 is 1.40 bits per heavy atom. The van der Waals surface area contributed by atoms with Crippen LogP contribution in [0.2, 0.25) is 0 Å². The van der Waals surface area contributed by atoms with Gasteiger partial charge in [0.05, 0.1) is 18.6 Å². The fraction of sp³-hybridized carbons (Fsp3) is 0.576. The van der Waals surface area contributed by atoms with Crippen molar-refractivity contribution in [1.29, 1.82) is 0 Å². The van der Waals surface area contributed by atoms with E-state index in [4.69, 9.17) is 9.47 Å². The summed E-state index contributed by atoms with van der Waals surface area (Å²) in [6, 6.07) is 10.3. The number of hydrogen-bond acceptors (Lipinski definition) is 2. The number of halogens is 5. The van der Waals surface area contributed by atoms with Crippen LogP contribution in [0.25, 0.3) is 0 Å². The van der Waals surface area contributed by atoms with E-state index < -0.39 is 35.6 Å². The fourth-order valence-corrected chi connectivity index (χ4v) is 6.12. The van der Waals surface area contributed by atoms with Gasteiger partial charge in [0.2, 0.25) is 0 Å². The SMILES string of the molecule is C=CCc1ccc(CCCCC2CCC(C(F)(F)OC3CCC(COc4cc(F)c(F)c(F)c4)CC3)CC2)cc1. The highest BCUT2D eigenvalue weighted by Crippen LogP contribution is 2.43. The van der Waals surface area contributed by atoms with Crippen LogP contribution >= 0.6 is 0 Å². The maximum absolute atomic E-state index is 15.0. The van der Waals surface area contributed by atoms with Crippen LogP contribution in [0.3, 0.4) is 0 Å². The van der Waals surface area contributed by atoms with Crippen LogP contribution in [0, 0.1) is 35.2 Å². The Hall–Kier alpha value is -2.41. The molecule has 2 aliphatic carbocycles. The van der Waals surface area contributed by atoms with Crippen molar-refractivity contribution in [1.82, 2.24) is 0 Å². The molecule has 0 bridgehead atoms. The summed E-state index contributed by atoms with van der Waals surface area (Å²) in [7, 11) is 0. The molecule has 0 aromatic heterocycles. The van der Waals surface area contributed by atoms with Gasteiger partial charge >= 0.3 is 6.11 Å². The predicted molar refractivity (Wildman–Crippen MR) is 147 cm³/mol. The standard InChI is InChI=1S/C33H41F5O2/c1-2-5-23-8-10-24(11-9-23)6-3-4-7-25-12-16-27(17-13-25)33(37,38)40-28-18-14-26(15-19-28)22-39-29-20-30(34)32(36)31(35)21-29/h2,8-11,20-21,25-28H,1,3-7,12-19,22H2. The maximum Gasteiger partial charge on any atom is 0.358 e. The highest BCUT2D eigenvalue weighted by atomic mass is 19.3. The third-order valence-corrected chi connectivity index (χ3v) is 8.61. The molecule has 0 heterocycles. The fourth-order valence-electron chi connectivity index (χ4n) is 6.12. The minimum Gasteiger partial charge on any atom is -0.493 e. The highest BCUT2D eigenvalue weighted by molar-refractivity contribution is 5.25. The first-order valence-corrected chi connectivity index (χ1v) is 14.7. The minimum atomic E-state index is -3.13. The van der Waals surface area contributed by atoms with E-state index in [1.54, 1.807) is 0 Å². The lowest BCUT2D eigenvalue weighted by Crippen LogP contribution is -2.39. The van der Waals surface area contributed by atoms with E-state index in [1.165, 1.54) is 11.1 Å². The van der Waals surface area contributed by atoms with Crippen LogP contribution in [0.1, 0.15) is 81.8 Å². The van der Waals surface area contributed by atoms with Gasteiger partial charge in [-0.1, -0.05) is 43.2 Å². The lowest BCUT2D eigenvalue weighted by atomic mass is 9.79. The van der Waals surface area contributed by atoms with Crippen LogP contribution in [0.15, 0.2) is 49.1 Å². The normalized spacial score (nSPS) is 23.6. The Balaban J connectivity index is 1.10. The van der Waals surface area contributed by atoms with Crippen molar-refractivity contribution >= 4 is 0 Å². The molecule has 7 heteroatoms. The number of unbranched alkanes of at least 4 members (excludes halogenated alkanes) is 1. The molecule has 4 rings (SSSR count). The van der Waals surface area contributed by atoms with Gasteiger partial charge in [-0.25, -0.2) is 13.2 Å². The largest absolute Gasteiger partial charge is 0.493 e. The molecule has 220 valence electrons. The van der Waals surface area contributed by atoms with Crippen molar-refractivity contribution in [3.05, 3.63) is 77.6 Å². The molecule has 0 unspecified atom stereocenters. The molecule has 0 spiro atoms. The monoisotopic (exact) mass is 564 g/mol. The van der Waals surface area contributed by atoms with E-state index in [0.717, 1.165) is 57.1 Å². The lowest BCUT2D eigenvalue weighted by molar-refractivity contribution is -0.302. The third kappa shape index (κ3) is 8.79. The van der Waals surface area contributed by atoms with Gasteiger partial charge in [0.15, 0.2) is 17.5 Å². The predicted octanol–water partition coefficient (Wildman–Crippen LogP) is 9.60. The molecule has 0 atom stereocenters. The van der Waals surface area contributed by atoms with Gasteiger partial charge in [0.1, 0.15) is 5.75 Å². The van der Waals surface area contributed by atoms with E-state index in [-0.39, 0.29) is 18.3 Å². The van der Waals surface area contributed by atoms with Crippen molar-refractivity contribution in [3.63, 3.8) is 0 Å². The molecular formula is C33H41F5O2. The van der Waals surface area contributed by atoms with Gasteiger partial charge in [0.25, 0.3) is 0 Å². The van der Waals surface area contributed by atoms with Crippen molar-refractivity contribution < 1.29 is 31.4 Å². The van der Waals surface area contributed by atoms with Crippen LogP contribution in [0.4, 0.5) is 22.0 Å². The maximum atomic E-state index is 15.0. The molecule has 0 radical (unpaired) electrons. The molecule has 2 saturated carbocycles. The summed E-state index contributed by atoms with van der Waals surface area (Å²) in [5, 5.41) is 0. The summed E-state index contributed by atoms with van der Waals surface area (Å²) in [6.45, 7) is 3.97. The molecule has 40 heavy (non-hydrogen) atoms. The van der Waals surface area contributed by atoms with Crippen LogP contribution < -0.4 is 4.74 Å². The quantitative estimate of drug-likeness (QED) is 0.104. The number of allylic oxidation sites excluding steroid dienone is 1. The van der Waals surface area contributed by atoms with Crippen LogP contribution in [-0.4, -0.2) is 18.8 Å². The summed E-state index contributed by atoms with van der Waals surface area (Å²) in [5.74, 6) is -4.36. The molecule has 2 aliphatic rings. The first-order chi connectivity index (χ1) is 19.2. The second kappa shape index (κ2) is 14.5. The summed E-state index contributed by atoms with van der Waals surface area (Å²) in [6.07, 6.45) is 8.42. The number of ether oxygens (including phenoxy) is 2. The van der Waals surface area contributed by atoms with E-state index in [9.17, 15) is 13.2 Å². The summed E-state index contributed by atoms with van der Waals surface area (Å²) < 4.78 is 80.6. The average molecular weight is 565 g/mol. The van der Waals surface area contributed by atoms with E-state index in [2.05, 4.69) is 30.8 Å². The van der Waals surface area contributed by atoms with Crippen molar-refractivity contribution in [3.8, 4) is 5.75 Å². The Kier molecular flexibility index (Phi) is 11.1. The second-order valence-electron chi connectivity index (χ2n) is 11.6. The molecule has 0 N–H and O–H groups in total. The molecule has 2 fully saturated rings. The van der Waals surface area contributed by atoms with Gasteiger partial charge in [-0.15, -0.1) is 6.58 Å². The zero-order valence-electron chi connectivity index (χ0n) is 23.2. The van der Waals surface area contributed by atoms with Crippen LogP contribution in [-0.2, 0) is 17.6 Å². The smallest absolute Gasteiger partial charge is 0.358 e. The molecule has 2 aromatic rings. The zero-order valence-corrected chi connectivity index (χ0v) is 23.2. The van der Waals surface area contributed by atoms with Crippen molar-refractivity contribution in [2.24, 2.45) is 17.8 Å². The number of rotatable bonds is 13. The lowest BCUT2D eigenvalue weighted by Gasteiger charge is -2.37. The summed E-state index contributed by atoms with van der Waals surface area (Å²) in [5.41, 5.74) is 2.61. The zero-order chi connectivity index (χ0) is 28.5. The van der Waals surface area contributed by atoms with Crippen LogP contribution in [0.5, 0.6) is 5.75 Å². The third-order valence-electron chi connectivity index (χ3n) is 8.61. The molecular weight excluding hydrogens is 523 g/mol. The molecule has 0 amide bonds. The first kappa shape index (κ1) is 30.5. The van der Waals surface area contributed by atoms with Gasteiger partial charge in [0, 0.05) is 12.1 Å². The van der Waals surface area contributed by atoms with Crippen molar-refractivity contribution in [2.75, 3.05) is 6.61 Å². The summed E-state index contributed by atoms with van der Waals surface area (Å²) in [4.78, 5) is 0. The molecule has 0 saturated heterocycles. The first-order valence-electron chi connectivity index (χ1n) is 14.7. The minimum absolute atomic E-state index is 0.0664. The Morgan fingerprint density at radius 1 is 0.800 bits per heavy atom. The van der Waals surface area contributed by atoms with Gasteiger partial charge < -0.3 is 9.47 Å². The highest BCUT2D eigenvalue weighted by Gasteiger charge is 2.44. The van der Waals surface area contributed by atoms with Crippen molar-refractivity contribution in [2.45, 2.75) is 95.7 Å². The summed E-state index contributed by atoms with van der Waals surface area (Å²) >= 11 is 0. The molecule has 2 aromatic carbocycles. The molecule has 0 aliphatic heterocycles. The van der Waals surface area contributed by atoms with Gasteiger partial charge in [-0.2, -0.15) is 8.78 Å². The second-order valence-corrected chi connectivity index (χ2v) is 11.6. The Bertz CT molecular complexity index is 1050. The van der Waals surface area contributed by atoms with E-state index >= 15 is 8.78 Å². The van der Waals surface area contributed by atoms with Gasteiger partial charge in [-0.3, -0.25) is 0 Å². The van der Waals surface area contributed by atoms with Gasteiger partial charge in [-0.05, 0) is 93.6 Å². The number of alkyl halides is 2.